The number of carbonyl (C=O) groups excluding carboxylic acids is 2. The maximum Gasteiger partial charge on any atom is 0.287 e. The van der Waals surface area contributed by atoms with Gasteiger partial charge in [0.05, 0.1) is 23.5 Å². The van der Waals surface area contributed by atoms with Crippen molar-refractivity contribution in [2.24, 2.45) is 0 Å². The first-order valence-corrected chi connectivity index (χ1v) is 10.5. The first-order chi connectivity index (χ1) is 14.4. The number of benzene rings is 1. The molecule has 8 nitrogen and oxygen atoms in total. The van der Waals surface area contributed by atoms with Gasteiger partial charge in [-0.1, -0.05) is 15.9 Å². The van der Waals surface area contributed by atoms with Gasteiger partial charge < -0.3 is 14.6 Å². The third-order valence-corrected chi connectivity index (χ3v) is 5.84. The SMILES string of the molecule is Cc1ccoc1C(=O)NC1CCN(C(=O)Cn2cnc3ccc(Br)cc3c2=O)CC1. The molecule has 0 spiro atoms. The summed E-state index contributed by atoms with van der Waals surface area (Å²) in [5, 5.41) is 3.43. The molecule has 1 saturated heterocycles. The number of aromatic nitrogens is 2. The lowest BCUT2D eigenvalue weighted by Gasteiger charge is -2.32. The van der Waals surface area contributed by atoms with E-state index in [1.165, 1.54) is 17.2 Å². The summed E-state index contributed by atoms with van der Waals surface area (Å²) >= 11 is 3.36. The van der Waals surface area contributed by atoms with Crippen molar-refractivity contribution in [2.75, 3.05) is 13.1 Å². The molecular formula is C21H21BrN4O4. The van der Waals surface area contributed by atoms with Gasteiger partial charge in [-0.05, 0) is 44.0 Å². The quantitative estimate of drug-likeness (QED) is 0.628. The van der Waals surface area contributed by atoms with Crippen LogP contribution in [-0.4, -0.2) is 45.4 Å². The van der Waals surface area contributed by atoms with E-state index in [-0.39, 0.29) is 30.0 Å². The Hall–Kier alpha value is -2.94. The molecule has 0 bridgehead atoms. The number of halogens is 1. The Morgan fingerprint density at radius 3 is 2.73 bits per heavy atom. The molecule has 1 aromatic carbocycles. The summed E-state index contributed by atoms with van der Waals surface area (Å²) in [6.45, 7) is 2.79. The van der Waals surface area contributed by atoms with Gasteiger partial charge in [0.2, 0.25) is 5.91 Å². The van der Waals surface area contributed by atoms with Gasteiger partial charge in [0.25, 0.3) is 11.5 Å². The summed E-state index contributed by atoms with van der Waals surface area (Å²) in [4.78, 5) is 43.7. The Labute approximate surface area is 181 Å². The van der Waals surface area contributed by atoms with Crippen LogP contribution in [0.15, 0.2) is 50.5 Å². The Morgan fingerprint density at radius 2 is 2.03 bits per heavy atom. The highest BCUT2D eigenvalue weighted by molar-refractivity contribution is 9.10. The van der Waals surface area contributed by atoms with Gasteiger partial charge in [-0.25, -0.2) is 4.98 Å². The van der Waals surface area contributed by atoms with Gasteiger partial charge in [0.15, 0.2) is 5.76 Å². The number of rotatable bonds is 4. The van der Waals surface area contributed by atoms with E-state index in [1.54, 1.807) is 23.1 Å². The molecule has 3 heterocycles. The number of carbonyl (C=O) groups is 2. The zero-order valence-corrected chi connectivity index (χ0v) is 18.0. The number of furan rings is 1. The highest BCUT2D eigenvalue weighted by Gasteiger charge is 2.25. The number of nitrogens with zero attached hydrogens (tertiary/aromatic N) is 3. The molecule has 1 aliphatic heterocycles. The number of nitrogens with one attached hydrogen (secondary N) is 1. The third-order valence-electron chi connectivity index (χ3n) is 5.34. The van der Waals surface area contributed by atoms with Crippen LogP contribution in [0.3, 0.4) is 0 Å². The van der Waals surface area contributed by atoms with Crippen LogP contribution in [0, 0.1) is 6.92 Å². The average Bonchev–Trinajstić information content (AvgIpc) is 3.17. The Morgan fingerprint density at radius 1 is 1.27 bits per heavy atom. The molecule has 30 heavy (non-hydrogen) atoms. The van der Waals surface area contributed by atoms with Gasteiger partial charge >= 0.3 is 0 Å². The topological polar surface area (TPSA) is 97.4 Å². The molecule has 2 amide bonds. The lowest BCUT2D eigenvalue weighted by Crippen LogP contribution is -2.47. The third kappa shape index (κ3) is 4.16. The van der Waals surface area contributed by atoms with Crippen molar-refractivity contribution in [2.45, 2.75) is 32.4 Å². The molecule has 0 saturated carbocycles. The fraction of sp³-hybridized carbons (Fsp3) is 0.333. The first kappa shape index (κ1) is 20.3. The van der Waals surface area contributed by atoms with E-state index < -0.39 is 0 Å². The van der Waals surface area contributed by atoms with E-state index in [0.717, 1.165) is 10.0 Å². The van der Waals surface area contributed by atoms with Crippen LogP contribution in [0.2, 0.25) is 0 Å². The number of likely N-dealkylation sites (tertiary alicyclic amines) is 1. The molecule has 0 atom stereocenters. The minimum absolute atomic E-state index is 0.0199. The predicted octanol–water partition coefficient (Wildman–Crippen LogP) is 2.48. The normalized spacial score (nSPS) is 14.8. The van der Waals surface area contributed by atoms with E-state index in [1.807, 2.05) is 13.0 Å². The highest BCUT2D eigenvalue weighted by Crippen LogP contribution is 2.16. The molecule has 2 aromatic heterocycles. The summed E-state index contributed by atoms with van der Waals surface area (Å²) in [5.41, 5.74) is 1.14. The van der Waals surface area contributed by atoms with Gasteiger partial charge in [-0.2, -0.15) is 0 Å². The molecule has 0 aliphatic carbocycles. The summed E-state index contributed by atoms with van der Waals surface area (Å²) in [7, 11) is 0. The van der Waals surface area contributed by atoms with Crippen molar-refractivity contribution in [1.82, 2.24) is 19.8 Å². The first-order valence-electron chi connectivity index (χ1n) is 9.70. The maximum atomic E-state index is 12.7. The molecule has 1 N–H and O–H groups in total. The Bertz CT molecular complexity index is 1160. The Balaban J connectivity index is 1.36. The van der Waals surface area contributed by atoms with Gasteiger partial charge in [-0.3, -0.25) is 19.0 Å². The molecule has 9 heteroatoms. The minimum atomic E-state index is -0.245. The number of fused-ring (bicyclic) bond motifs is 1. The molecule has 1 aliphatic rings. The summed E-state index contributed by atoms with van der Waals surface area (Å²) in [5.74, 6) is -0.0505. The van der Waals surface area contributed by atoms with Crippen molar-refractivity contribution >= 4 is 38.6 Å². The summed E-state index contributed by atoms with van der Waals surface area (Å²) in [6.07, 6.45) is 4.20. The lowest BCUT2D eigenvalue weighted by molar-refractivity contribution is -0.133. The van der Waals surface area contributed by atoms with Crippen molar-refractivity contribution < 1.29 is 14.0 Å². The van der Waals surface area contributed by atoms with Crippen molar-refractivity contribution in [3.05, 3.63) is 63.0 Å². The van der Waals surface area contributed by atoms with E-state index >= 15 is 0 Å². The van der Waals surface area contributed by atoms with E-state index in [0.29, 0.717) is 42.6 Å². The molecule has 1 fully saturated rings. The van der Waals surface area contributed by atoms with Gasteiger partial charge in [0.1, 0.15) is 6.54 Å². The lowest BCUT2D eigenvalue weighted by atomic mass is 10.0. The average molecular weight is 473 g/mol. The number of hydrogen-bond acceptors (Lipinski definition) is 5. The molecule has 0 unspecified atom stereocenters. The van der Waals surface area contributed by atoms with Gasteiger partial charge in [-0.15, -0.1) is 0 Å². The van der Waals surface area contributed by atoms with Crippen molar-refractivity contribution in [1.29, 1.82) is 0 Å². The van der Waals surface area contributed by atoms with Crippen LogP contribution in [0.25, 0.3) is 10.9 Å². The van der Waals surface area contributed by atoms with Crippen LogP contribution >= 0.6 is 15.9 Å². The monoisotopic (exact) mass is 472 g/mol. The van der Waals surface area contributed by atoms with Crippen molar-refractivity contribution in [3.63, 3.8) is 0 Å². The van der Waals surface area contributed by atoms with Crippen molar-refractivity contribution in [3.8, 4) is 0 Å². The fourth-order valence-electron chi connectivity index (χ4n) is 3.62. The molecular weight excluding hydrogens is 452 g/mol. The van der Waals surface area contributed by atoms with Crippen LogP contribution < -0.4 is 10.9 Å². The largest absolute Gasteiger partial charge is 0.459 e. The zero-order chi connectivity index (χ0) is 21.3. The molecule has 4 rings (SSSR count). The number of aryl methyl sites for hydroxylation is 1. The Kier molecular flexibility index (Phi) is 5.72. The van der Waals surface area contributed by atoms with E-state index in [2.05, 4.69) is 26.2 Å². The number of amides is 2. The highest BCUT2D eigenvalue weighted by atomic mass is 79.9. The second-order valence-corrected chi connectivity index (χ2v) is 8.32. The number of hydrogen-bond donors (Lipinski definition) is 1. The number of piperidine rings is 1. The summed E-state index contributed by atoms with van der Waals surface area (Å²) in [6, 6.07) is 7.02. The second-order valence-electron chi connectivity index (χ2n) is 7.40. The van der Waals surface area contributed by atoms with Crippen LogP contribution in [0.1, 0.15) is 29.0 Å². The predicted molar refractivity (Wildman–Crippen MR) is 114 cm³/mol. The smallest absolute Gasteiger partial charge is 0.287 e. The molecule has 0 radical (unpaired) electrons. The summed E-state index contributed by atoms with van der Waals surface area (Å²) < 4.78 is 7.35. The maximum absolute atomic E-state index is 12.7. The fourth-order valence-corrected chi connectivity index (χ4v) is 3.98. The van der Waals surface area contributed by atoms with Crippen LogP contribution in [-0.2, 0) is 11.3 Å². The second kappa shape index (κ2) is 8.43. The van der Waals surface area contributed by atoms with E-state index in [4.69, 9.17) is 4.42 Å². The zero-order valence-electron chi connectivity index (χ0n) is 16.4. The molecule has 156 valence electrons. The molecule has 3 aromatic rings. The van der Waals surface area contributed by atoms with E-state index in [9.17, 15) is 14.4 Å². The standard InChI is InChI=1S/C21H21BrN4O4/c1-13-6-9-30-19(13)20(28)24-15-4-7-25(8-5-15)18(27)11-26-12-23-17-3-2-14(22)10-16(17)21(26)29/h2-3,6,9-10,12,15H,4-5,7-8,11H2,1H3,(H,24,28). The van der Waals surface area contributed by atoms with Crippen LogP contribution in [0.4, 0.5) is 0 Å². The van der Waals surface area contributed by atoms with Crippen LogP contribution in [0.5, 0.6) is 0 Å². The van der Waals surface area contributed by atoms with Gasteiger partial charge in [0, 0.05) is 29.2 Å². The minimum Gasteiger partial charge on any atom is -0.459 e.